The van der Waals surface area contributed by atoms with Crippen LogP contribution in [0.5, 0.6) is 0 Å². The van der Waals surface area contributed by atoms with E-state index in [1.807, 2.05) is 18.2 Å². The quantitative estimate of drug-likeness (QED) is 0.685. The van der Waals surface area contributed by atoms with Gasteiger partial charge in [0, 0.05) is 30.4 Å². The summed E-state index contributed by atoms with van der Waals surface area (Å²) in [6, 6.07) is 8.41. The van der Waals surface area contributed by atoms with Crippen LogP contribution >= 0.6 is 0 Å². The predicted octanol–water partition coefficient (Wildman–Crippen LogP) is 2.13. The highest BCUT2D eigenvalue weighted by molar-refractivity contribution is 5.46. The van der Waals surface area contributed by atoms with Crippen LogP contribution in [-0.2, 0) is 6.54 Å². The average Bonchev–Trinajstić information content (AvgIpc) is 2.24. The number of para-hydroxylation sites is 1. The van der Waals surface area contributed by atoms with Crippen molar-refractivity contribution in [3.8, 4) is 0 Å². The molecule has 1 unspecified atom stereocenters. The largest absolute Gasteiger partial charge is 0.398 e. The molecule has 0 heterocycles. The second-order valence-electron chi connectivity index (χ2n) is 5.61. The van der Waals surface area contributed by atoms with E-state index in [1.165, 1.54) is 0 Å². The van der Waals surface area contributed by atoms with Crippen LogP contribution in [0.25, 0.3) is 0 Å². The van der Waals surface area contributed by atoms with Gasteiger partial charge in [0.1, 0.15) is 0 Å². The maximum Gasteiger partial charge on any atom is 0.0359 e. The van der Waals surface area contributed by atoms with Gasteiger partial charge in [0.2, 0.25) is 0 Å². The molecule has 0 spiro atoms. The molecule has 0 fully saturated rings. The average molecular weight is 235 g/mol. The van der Waals surface area contributed by atoms with Gasteiger partial charge in [-0.1, -0.05) is 18.2 Å². The Balaban J connectivity index is 2.34. The van der Waals surface area contributed by atoms with E-state index in [1.54, 1.807) is 0 Å². The van der Waals surface area contributed by atoms with Gasteiger partial charge in [0.05, 0.1) is 0 Å². The predicted molar refractivity (Wildman–Crippen MR) is 74.9 cm³/mol. The van der Waals surface area contributed by atoms with Crippen molar-refractivity contribution in [1.82, 2.24) is 10.6 Å². The number of hydrogen-bond donors (Lipinski definition) is 3. The second kappa shape index (κ2) is 6.03. The minimum Gasteiger partial charge on any atom is -0.398 e. The lowest BCUT2D eigenvalue weighted by atomic mass is 10.1. The first-order valence-electron chi connectivity index (χ1n) is 6.20. The van der Waals surface area contributed by atoms with E-state index >= 15 is 0 Å². The molecule has 0 amide bonds. The van der Waals surface area contributed by atoms with Gasteiger partial charge in [-0.25, -0.2) is 0 Å². The molecule has 1 atom stereocenters. The van der Waals surface area contributed by atoms with E-state index in [4.69, 9.17) is 5.73 Å². The summed E-state index contributed by atoms with van der Waals surface area (Å²) in [7, 11) is 0. The van der Waals surface area contributed by atoms with E-state index in [0.29, 0.717) is 6.04 Å². The minimum atomic E-state index is 0.168. The van der Waals surface area contributed by atoms with Crippen LogP contribution in [0.1, 0.15) is 33.3 Å². The Bertz CT molecular complexity index is 342. The topological polar surface area (TPSA) is 50.1 Å². The molecule has 1 aromatic carbocycles. The summed E-state index contributed by atoms with van der Waals surface area (Å²) in [6.45, 7) is 10.5. The molecule has 4 N–H and O–H groups in total. The number of hydrogen-bond acceptors (Lipinski definition) is 3. The maximum absolute atomic E-state index is 5.89. The summed E-state index contributed by atoms with van der Waals surface area (Å²) < 4.78 is 0. The van der Waals surface area contributed by atoms with Crippen LogP contribution < -0.4 is 16.4 Å². The van der Waals surface area contributed by atoms with Crippen LogP contribution in [0, 0.1) is 0 Å². The maximum atomic E-state index is 5.89. The molecule has 0 saturated heterocycles. The highest BCUT2D eigenvalue weighted by Gasteiger charge is 2.10. The highest BCUT2D eigenvalue weighted by atomic mass is 15.0. The highest BCUT2D eigenvalue weighted by Crippen LogP contribution is 2.09. The van der Waals surface area contributed by atoms with Crippen molar-refractivity contribution in [2.45, 2.75) is 45.8 Å². The van der Waals surface area contributed by atoms with Gasteiger partial charge in [0.15, 0.2) is 0 Å². The number of nitrogens with two attached hydrogens (primary N) is 1. The van der Waals surface area contributed by atoms with E-state index < -0.39 is 0 Å². The molecule has 3 nitrogen and oxygen atoms in total. The molecule has 0 aromatic heterocycles. The lowest BCUT2D eigenvalue weighted by Gasteiger charge is -2.24. The number of anilines is 1. The summed E-state index contributed by atoms with van der Waals surface area (Å²) in [5.41, 5.74) is 8.08. The number of benzene rings is 1. The van der Waals surface area contributed by atoms with E-state index in [-0.39, 0.29) is 5.54 Å². The summed E-state index contributed by atoms with van der Waals surface area (Å²) >= 11 is 0. The van der Waals surface area contributed by atoms with Gasteiger partial charge in [0.25, 0.3) is 0 Å². The number of rotatable bonds is 5. The summed E-state index contributed by atoms with van der Waals surface area (Å²) in [6.07, 6.45) is 0. The smallest absolute Gasteiger partial charge is 0.0359 e. The first-order valence-corrected chi connectivity index (χ1v) is 6.20. The molecule has 1 aromatic rings. The molecule has 0 aliphatic rings. The molecule has 96 valence electrons. The third-order valence-electron chi connectivity index (χ3n) is 2.63. The summed E-state index contributed by atoms with van der Waals surface area (Å²) in [5, 5.41) is 6.95. The molecule has 1 rings (SSSR count). The molecule has 0 aliphatic carbocycles. The Labute approximate surface area is 105 Å². The summed E-state index contributed by atoms with van der Waals surface area (Å²) in [5.74, 6) is 0. The van der Waals surface area contributed by atoms with Crippen LogP contribution in [0.15, 0.2) is 24.3 Å². The zero-order valence-electron chi connectivity index (χ0n) is 11.4. The van der Waals surface area contributed by atoms with Crippen molar-refractivity contribution >= 4 is 5.69 Å². The van der Waals surface area contributed by atoms with E-state index in [2.05, 4.69) is 44.4 Å². The van der Waals surface area contributed by atoms with Crippen molar-refractivity contribution in [2.75, 3.05) is 12.3 Å². The van der Waals surface area contributed by atoms with Gasteiger partial charge in [-0.3, -0.25) is 0 Å². The fraction of sp³-hybridized carbons (Fsp3) is 0.571. The number of nitrogens with one attached hydrogen (secondary N) is 2. The Kier molecular flexibility index (Phi) is 4.97. The van der Waals surface area contributed by atoms with Gasteiger partial charge >= 0.3 is 0 Å². The van der Waals surface area contributed by atoms with Gasteiger partial charge in [-0.15, -0.1) is 0 Å². The fourth-order valence-electron chi connectivity index (χ4n) is 1.51. The first-order chi connectivity index (χ1) is 7.88. The third kappa shape index (κ3) is 5.71. The molecule has 0 radical (unpaired) electrons. The molecular weight excluding hydrogens is 210 g/mol. The van der Waals surface area contributed by atoms with Gasteiger partial charge in [-0.2, -0.15) is 0 Å². The Morgan fingerprint density at radius 3 is 2.47 bits per heavy atom. The minimum absolute atomic E-state index is 0.168. The normalized spacial score (nSPS) is 13.6. The van der Waals surface area contributed by atoms with Crippen molar-refractivity contribution < 1.29 is 0 Å². The van der Waals surface area contributed by atoms with Gasteiger partial charge in [-0.05, 0) is 39.3 Å². The van der Waals surface area contributed by atoms with E-state index in [0.717, 1.165) is 24.3 Å². The lowest BCUT2D eigenvalue weighted by Crippen LogP contribution is -2.44. The SMILES string of the molecule is CC(CNC(C)(C)C)NCc1ccccc1N. The van der Waals surface area contributed by atoms with Crippen LogP contribution in [0.3, 0.4) is 0 Å². The van der Waals surface area contributed by atoms with Crippen molar-refractivity contribution in [2.24, 2.45) is 0 Å². The standard InChI is InChI=1S/C14H25N3/c1-11(9-17-14(2,3)4)16-10-12-7-5-6-8-13(12)15/h5-8,11,16-17H,9-10,15H2,1-4H3. The van der Waals surface area contributed by atoms with Crippen LogP contribution in [0.2, 0.25) is 0 Å². The molecule has 0 bridgehead atoms. The van der Waals surface area contributed by atoms with Gasteiger partial charge < -0.3 is 16.4 Å². The van der Waals surface area contributed by atoms with Crippen LogP contribution in [0.4, 0.5) is 5.69 Å². The Morgan fingerprint density at radius 1 is 1.24 bits per heavy atom. The molecule has 0 saturated carbocycles. The Morgan fingerprint density at radius 2 is 1.88 bits per heavy atom. The fourth-order valence-corrected chi connectivity index (χ4v) is 1.51. The molecule has 0 aliphatic heterocycles. The molecule has 17 heavy (non-hydrogen) atoms. The monoisotopic (exact) mass is 235 g/mol. The summed E-state index contributed by atoms with van der Waals surface area (Å²) in [4.78, 5) is 0. The van der Waals surface area contributed by atoms with Crippen molar-refractivity contribution in [3.63, 3.8) is 0 Å². The zero-order valence-corrected chi connectivity index (χ0v) is 11.4. The number of nitrogen functional groups attached to an aromatic ring is 1. The lowest BCUT2D eigenvalue weighted by molar-refractivity contribution is 0.387. The second-order valence-corrected chi connectivity index (χ2v) is 5.61. The molecular formula is C14H25N3. The Hall–Kier alpha value is -1.06. The third-order valence-corrected chi connectivity index (χ3v) is 2.63. The first kappa shape index (κ1) is 14.0. The molecule has 3 heteroatoms. The zero-order chi connectivity index (χ0) is 12.9. The van der Waals surface area contributed by atoms with Crippen molar-refractivity contribution in [3.05, 3.63) is 29.8 Å². The van der Waals surface area contributed by atoms with Crippen LogP contribution in [-0.4, -0.2) is 18.1 Å². The van der Waals surface area contributed by atoms with E-state index in [9.17, 15) is 0 Å². The van der Waals surface area contributed by atoms with Crippen molar-refractivity contribution in [1.29, 1.82) is 0 Å².